The molecule has 0 aliphatic rings. The zero-order chi connectivity index (χ0) is 13.0. The fraction of sp³-hybridized carbons (Fsp3) is 0.533. The number of benzene rings is 1. The second kappa shape index (κ2) is 6.01. The van der Waals surface area contributed by atoms with Crippen LogP contribution in [0.5, 0.6) is 0 Å². The van der Waals surface area contributed by atoms with Crippen LogP contribution in [0.4, 0.5) is 0 Å². The molecule has 0 bridgehead atoms. The highest BCUT2D eigenvalue weighted by Gasteiger charge is 2.15. The number of nitrogens with one attached hydrogen (secondary N) is 1. The van der Waals surface area contributed by atoms with Crippen LogP contribution >= 0.6 is 0 Å². The molecule has 3 heteroatoms. The summed E-state index contributed by atoms with van der Waals surface area (Å²) in [5.74, 6) is 1.69. The first-order valence-electron chi connectivity index (χ1n) is 6.97. The molecular formula is C15H23N3. The van der Waals surface area contributed by atoms with Crippen molar-refractivity contribution in [1.82, 2.24) is 9.97 Å². The van der Waals surface area contributed by atoms with Crippen LogP contribution in [-0.2, 0) is 6.54 Å². The number of aromatic nitrogens is 2. The van der Waals surface area contributed by atoms with Crippen molar-refractivity contribution in [2.45, 2.75) is 52.0 Å². The van der Waals surface area contributed by atoms with Crippen molar-refractivity contribution in [1.29, 1.82) is 0 Å². The third-order valence-electron chi connectivity index (χ3n) is 3.50. The van der Waals surface area contributed by atoms with Crippen molar-refractivity contribution < 1.29 is 0 Å². The molecule has 18 heavy (non-hydrogen) atoms. The van der Waals surface area contributed by atoms with Gasteiger partial charge in [-0.25, -0.2) is 4.98 Å². The Hall–Kier alpha value is -1.35. The SMILES string of the molecule is CCCC(CCC)c1nc2c(CN)cccc2[nH]1. The van der Waals surface area contributed by atoms with Crippen LogP contribution in [-0.4, -0.2) is 9.97 Å². The number of rotatable bonds is 6. The Bertz CT molecular complexity index is 495. The van der Waals surface area contributed by atoms with E-state index in [2.05, 4.69) is 31.0 Å². The minimum Gasteiger partial charge on any atom is -0.342 e. The van der Waals surface area contributed by atoms with Crippen LogP contribution in [0.1, 0.15) is 56.8 Å². The summed E-state index contributed by atoms with van der Waals surface area (Å²) in [4.78, 5) is 8.26. The van der Waals surface area contributed by atoms with Crippen LogP contribution < -0.4 is 5.73 Å². The number of fused-ring (bicyclic) bond motifs is 1. The first kappa shape index (κ1) is 13.1. The van der Waals surface area contributed by atoms with Gasteiger partial charge in [0.15, 0.2) is 0 Å². The fourth-order valence-corrected chi connectivity index (χ4v) is 2.58. The molecule has 0 unspecified atom stereocenters. The zero-order valence-electron chi connectivity index (χ0n) is 11.4. The summed E-state index contributed by atoms with van der Waals surface area (Å²) in [6.07, 6.45) is 4.80. The van der Waals surface area contributed by atoms with Gasteiger partial charge in [-0.05, 0) is 24.5 Å². The van der Waals surface area contributed by atoms with Gasteiger partial charge in [-0.1, -0.05) is 38.8 Å². The molecule has 0 radical (unpaired) electrons. The van der Waals surface area contributed by atoms with Crippen LogP contribution in [0.2, 0.25) is 0 Å². The van der Waals surface area contributed by atoms with E-state index in [-0.39, 0.29) is 0 Å². The number of imidazole rings is 1. The highest BCUT2D eigenvalue weighted by atomic mass is 14.9. The smallest absolute Gasteiger partial charge is 0.110 e. The van der Waals surface area contributed by atoms with Gasteiger partial charge in [0.1, 0.15) is 5.82 Å². The third-order valence-corrected chi connectivity index (χ3v) is 3.50. The van der Waals surface area contributed by atoms with Crippen LogP contribution in [0.15, 0.2) is 18.2 Å². The van der Waals surface area contributed by atoms with Crippen molar-refractivity contribution >= 4 is 11.0 Å². The summed E-state index contributed by atoms with van der Waals surface area (Å²) < 4.78 is 0. The minimum absolute atomic E-state index is 0.549. The molecule has 0 atom stereocenters. The van der Waals surface area contributed by atoms with Gasteiger partial charge in [0.2, 0.25) is 0 Å². The average Bonchev–Trinajstić information content (AvgIpc) is 2.82. The number of H-pyrrole nitrogens is 1. The lowest BCUT2D eigenvalue weighted by Gasteiger charge is -2.11. The highest BCUT2D eigenvalue weighted by molar-refractivity contribution is 5.78. The predicted molar refractivity (Wildman–Crippen MR) is 76.5 cm³/mol. The molecule has 0 saturated heterocycles. The molecule has 0 spiro atoms. The minimum atomic E-state index is 0.549. The van der Waals surface area contributed by atoms with E-state index in [4.69, 9.17) is 10.7 Å². The molecule has 2 aromatic rings. The predicted octanol–water partition coefficient (Wildman–Crippen LogP) is 3.71. The summed E-state index contributed by atoms with van der Waals surface area (Å²) in [6, 6.07) is 6.18. The Labute approximate surface area is 109 Å². The molecule has 3 nitrogen and oxygen atoms in total. The Balaban J connectivity index is 2.38. The van der Waals surface area contributed by atoms with Crippen LogP contribution in [0.3, 0.4) is 0 Å². The van der Waals surface area contributed by atoms with E-state index >= 15 is 0 Å². The van der Waals surface area contributed by atoms with Crippen molar-refractivity contribution in [3.63, 3.8) is 0 Å². The average molecular weight is 245 g/mol. The van der Waals surface area contributed by atoms with Gasteiger partial charge in [-0.15, -0.1) is 0 Å². The number of nitrogens with zero attached hydrogens (tertiary/aromatic N) is 1. The Morgan fingerprint density at radius 2 is 1.94 bits per heavy atom. The molecule has 1 aromatic heterocycles. The van der Waals surface area contributed by atoms with Crippen molar-refractivity contribution in [2.75, 3.05) is 0 Å². The van der Waals surface area contributed by atoms with E-state index in [1.165, 1.54) is 25.7 Å². The fourth-order valence-electron chi connectivity index (χ4n) is 2.58. The molecular weight excluding hydrogens is 222 g/mol. The molecule has 0 amide bonds. The molecule has 0 saturated carbocycles. The normalized spacial score (nSPS) is 11.6. The van der Waals surface area contributed by atoms with E-state index < -0.39 is 0 Å². The number of aromatic amines is 1. The van der Waals surface area contributed by atoms with Gasteiger partial charge in [0.25, 0.3) is 0 Å². The molecule has 0 fully saturated rings. The summed E-state index contributed by atoms with van der Waals surface area (Å²) in [6.45, 7) is 5.01. The Morgan fingerprint density at radius 3 is 2.56 bits per heavy atom. The maximum Gasteiger partial charge on any atom is 0.110 e. The second-order valence-electron chi connectivity index (χ2n) is 4.91. The van der Waals surface area contributed by atoms with Crippen molar-refractivity contribution in [2.24, 2.45) is 5.73 Å². The van der Waals surface area contributed by atoms with Crippen molar-refractivity contribution in [3.8, 4) is 0 Å². The van der Waals surface area contributed by atoms with Gasteiger partial charge in [-0.3, -0.25) is 0 Å². The number of hydrogen-bond acceptors (Lipinski definition) is 2. The lowest BCUT2D eigenvalue weighted by Crippen LogP contribution is -2.01. The van der Waals surface area contributed by atoms with E-state index in [9.17, 15) is 0 Å². The first-order valence-corrected chi connectivity index (χ1v) is 6.97. The maximum absolute atomic E-state index is 5.76. The highest BCUT2D eigenvalue weighted by Crippen LogP contribution is 2.27. The maximum atomic E-state index is 5.76. The summed E-state index contributed by atoms with van der Waals surface area (Å²) in [5, 5.41) is 0. The van der Waals surface area contributed by atoms with E-state index in [0.29, 0.717) is 12.5 Å². The van der Waals surface area contributed by atoms with E-state index in [1.807, 2.05) is 6.07 Å². The summed E-state index contributed by atoms with van der Waals surface area (Å²) in [5.41, 5.74) is 9.06. The molecule has 1 heterocycles. The molecule has 3 N–H and O–H groups in total. The quantitative estimate of drug-likeness (QED) is 0.815. The lowest BCUT2D eigenvalue weighted by atomic mass is 9.98. The molecule has 0 aliphatic carbocycles. The molecule has 0 aliphatic heterocycles. The third kappa shape index (κ3) is 2.56. The lowest BCUT2D eigenvalue weighted by molar-refractivity contribution is 0.539. The van der Waals surface area contributed by atoms with Crippen LogP contribution in [0.25, 0.3) is 11.0 Å². The summed E-state index contributed by atoms with van der Waals surface area (Å²) >= 11 is 0. The molecule has 2 rings (SSSR count). The van der Waals surface area contributed by atoms with Gasteiger partial charge >= 0.3 is 0 Å². The van der Waals surface area contributed by atoms with E-state index in [0.717, 1.165) is 22.4 Å². The Morgan fingerprint density at radius 1 is 1.22 bits per heavy atom. The van der Waals surface area contributed by atoms with E-state index in [1.54, 1.807) is 0 Å². The summed E-state index contributed by atoms with van der Waals surface area (Å²) in [7, 11) is 0. The monoisotopic (exact) mass is 245 g/mol. The first-order chi connectivity index (χ1) is 8.80. The Kier molecular flexibility index (Phi) is 4.37. The molecule has 98 valence electrons. The molecule has 1 aromatic carbocycles. The second-order valence-corrected chi connectivity index (χ2v) is 4.91. The largest absolute Gasteiger partial charge is 0.342 e. The topological polar surface area (TPSA) is 54.7 Å². The van der Waals surface area contributed by atoms with Gasteiger partial charge in [-0.2, -0.15) is 0 Å². The van der Waals surface area contributed by atoms with Gasteiger partial charge < -0.3 is 10.7 Å². The number of nitrogens with two attached hydrogens (primary N) is 1. The van der Waals surface area contributed by atoms with Gasteiger partial charge in [0.05, 0.1) is 11.0 Å². The zero-order valence-corrected chi connectivity index (χ0v) is 11.4. The standard InChI is InChI=1S/C15H23N3/c1-3-6-11(7-4-2)15-17-13-9-5-8-12(10-16)14(13)18-15/h5,8-9,11H,3-4,6-7,10,16H2,1-2H3,(H,17,18). The number of hydrogen-bond donors (Lipinski definition) is 2. The number of para-hydroxylation sites is 1. The van der Waals surface area contributed by atoms with Gasteiger partial charge in [0, 0.05) is 12.5 Å². The van der Waals surface area contributed by atoms with Crippen molar-refractivity contribution in [3.05, 3.63) is 29.6 Å². The van der Waals surface area contributed by atoms with Crippen LogP contribution in [0, 0.1) is 0 Å².